The molecule has 198 valence electrons. The summed E-state index contributed by atoms with van der Waals surface area (Å²) >= 11 is 0. The number of carbonyl (C=O) groups is 1. The maximum atomic E-state index is 15.8. The number of aliphatic hydroxyl groups excluding tert-OH is 1. The van der Waals surface area contributed by atoms with E-state index >= 15 is 4.39 Å². The Kier molecular flexibility index (Phi) is 7.33. The number of nitrogens with zero attached hydrogens (tertiary/aromatic N) is 4. The molecular formula is C21H36FN6O6P. The third-order valence-electron chi connectivity index (χ3n) is 5.60. The number of rotatable bonds is 9. The summed E-state index contributed by atoms with van der Waals surface area (Å²) < 4.78 is 39.7. The van der Waals surface area contributed by atoms with Gasteiger partial charge in [0.2, 0.25) is 0 Å². The van der Waals surface area contributed by atoms with Gasteiger partial charge in [0.1, 0.15) is 0 Å². The molecule has 12 nitrogen and oxygen atoms in total. The number of aromatic nitrogens is 4. The van der Waals surface area contributed by atoms with E-state index in [0.717, 1.165) is 0 Å². The van der Waals surface area contributed by atoms with Crippen molar-refractivity contribution in [3.8, 4) is 5.88 Å². The monoisotopic (exact) mass is 518 g/mol. The topological polar surface area (TPSA) is 156 Å². The van der Waals surface area contributed by atoms with Gasteiger partial charge >= 0.3 is 203 Å². The molecule has 2 aromatic rings. The number of halogens is 1. The third kappa shape index (κ3) is 5.80. The van der Waals surface area contributed by atoms with Gasteiger partial charge in [0.05, 0.1) is 0 Å². The van der Waals surface area contributed by atoms with Gasteiger partial charge in [-0.25, -0.2) is 0 Å². The number of nitrogens with one attached hydrogen (secondary N) is 1. The van der Waals surface area contributed by atoms with Crippen molar-refractivity contribution in [1.82, 2.24) is 24.6 Å². The number of aliphatic hydroxyl groups is 1. The second-order valence-corrected chi connectivity index (χ2v) is 16.1. The van der Waals surface area contributed by atoms with Crippen molar-refractivity contribution in [1.29, 1.82) is 0 Å². The van der Waals surface area contributed by atoms with E-state index in [0.29, 0.717) is 0 Å². The first kappa shape index (κ1) is 27.4. The second kappa shape index (κ2) is 9.36. The zero-order valence-electron chi connectivity index (χ0n) is 21.4. The van der Waals surface area contributed by atoms with Crippen molar-refractivity contribution in [3.63, 3.8) is 0 Å². The van der Waals surface area contributed by atoms with Crippen molar-refractivity contribution in [3.05, 3.63) is 6.33 Å². The number of ether oxygens (including phenoxy) is 3. The predicted octanol–water partition coefficient (Wildman–Crippen LogP) is 1.62. The predicted molar refractivity (Wildman–Crippen MR) is 130 cm³/mol. The number of alkyl halides is 1. The van der Waals surface area contributed by atoms with E-state index in [9.17, 15) is 9.90 Å². The van der Waals surface area contributed by atoms with Crippen LogP contribution >= 0.6 is 6.98 Å². The molecule has 1 fully saturated rings. The molecule has 1 aliphatic rings. The van der Waals surface area contributed by atoms with E-state index in [2.05, 4.69) is 20.0 Å². The van der Waals surface area contributed by atoms with Crippen LogP contribution in [0.5, 0.6) is 5.88 Å². The van der Waals surface area contributed by atoms with E-state index in [-0.39, 0.29) is 35.7 Å². The number of hydrogen-bond acceptors (Lipinski definition) is 11. The minimum atomic E-state index is -3.10. The molecule has 0 bridgehead atoms. The molecule has 4 N–H and O–H groups in total. The number of nitrogen functional groups attached to an aromatic ring is 1. The Hall–Kier alpha value is -2.18. The van der Waals surface area contributed by atoms with Gasteiger partial charge in [-0.3, -0.25) is 0 Å². The number of nitrogens with two attached hydrogens (primary N) is 1. The zero-order valence-corrected chi connectivity index (χ0v) is 22.2. The first-order valence-electron chi connectivity index (χ1n) is 11.2. The molecule has 0 spiro atoms. The number of hydrogen-bond donors (Lipinski definition) is 3. The quantitative estimate of drug-likeness (QED) is 0.327. The molecule has 35 heavy (non-hydrogen) atoms. The Morgan fingerprint density at radius 2 is 2.03 bits per heavy atom. The Bertz CT molecular complexity index is 1090. The van der Waals surface area contributed by atoms with Crippen molar-refractivity contribution < 1.29 is 33.0 Å². The van der Waals surface area contributed by atoms with Gasteiger partial charge in [0.25, 0.3) is 0 Å². The third-order valence-corrected chi connectivity index (χ3v) is 7.92. The number of carbonyl (C=O) groups excluding carboxylic acids is 1. The van der Waals surface area contributed by atoms with Crippen molar-refractivity contribution >= 4 is 30.1 Å². The normalized spacial score (nSPS) is 27.1. The van der Waals surface area contributed by atoms with E-state index < -0.39 is 43.1 Å². The molecule has 1 aliphatic heterocycles. The van der Waals surface area contributed by atoms with Crippen LogP contribution in [0.2, 0.25) is 0 Å². The summed E-state index contributed by atoms with van der Waals surface area (Å²) in [5.41, 5.74) is 4.04. The SMILES string of the molecule is COc1nc(N)nc2c1ncn2[C@@H]1O[C@H](COP(C)(C)(C)N[C@@H](C)C(=O)OC(C)C)[C@@H](O)[C@@]1(C)F. The first-order chi connectivity index (χ1) is 16.0. The Morgan fingerprint density at radius 1 is 1.37 bits per heavy atom. The first-order valence-corrected chi connectivity index (χ1v) is 14.7. The molecule has 1 saturated heterocycles. The molecule has 3 rings (SSSR count). The van der Waals surface area contributed by atoms with Gasteiger partial charge in [-0.2, -0.15) is 0 Å². The molecule has 0 unspecified atom stereocenters. The fourth-order valence-corrected chi connectivity index (χ4v) is 6.16. The molecule has 0 aromatic carbocycles. The van der Waals surface area contributed by atoms with Crippen LogP contribution in [0.15, 0.2) is 6.33 Å². The van der Waals surface area contributed by atoms with Gasteiger partial charge < -0.3 is 0 Å². The summed E-state index contributed by atoms with van der Waals surface area (Å²) in [5.74, 6) is -0.339. The standard InChI is InChI=1S/C21H36FN6O6P/c1-11(2)33-18(30)12(3)27-35(6,7,8)32-9-13-15(29)21(4,22)19(34-13)28-10-24-14-16(28)25-20(23)26-17(14)31-5/h10-13,15,19,27,29H,9H2,1-8H3,(H2,23,25,26)/t12-,13+,15+,19+,21+/m0/s1. The van der Waals surface area contributed by atoms with Gasteiger partial charge in [-0.05, 0) is 0 Å². The van der Waals surface area contributed by atoms with Crippen LogP contribution in [0.25, 0.3) is 11.2 Å². The Labute approximate surface area is 203 Å². The van der Waals surface area contributed by atoms with Crippen LogP contribution in [-0.2, 0) is 18.8 Å². The van der Waals surface area contributed by atoms with Crippen LogP contribution in [0, 0.1) is 0 Å². The van der Waals surface area contributed by atoms with Gasteiger partial charge in [-0.15, -0.1) is 0 Å². The van der Waals surface area contributed by atoms with Crippen LogP contribution in [-0.4, -0.2) is 94.3 Å². The zero-order chi connectivity index (χ0) is 26.4. The maximum absolute atomic E-state index is 15.8. The number of anilines is 1. The summed E-state index contributed by atoms with van der Waals surface area (Å²) in [4.78, 5) is 24.6. The molecule has 0 aliphatic carbocycles. The number of esters is 1. The van der Waals surface area contributed by atoms with Crippen molar-refractivity contribution in [2.75, 3.05) is 39.4 Å². The molecule has 2 aromatic heterocycles. The Morgan fingerprint density at radius 3 is 2.63 bits per heavy atom. The van der Waals surface area contributed by atoms with Gasteiger partial charge in [0, 0.05) is 0 Å². The van der Waals surface area contributed by atoms with E-state index in [4.69, 9.17) is 24.5 Å². The van der Waals surface area contributed by atoms with Crippen LogP contribution in [0.1, 0.15) is 33.9 Å². The number of imidazole rings is 1. The molecule has 3 heterocycles. The van der Waals surface area contributed by atoms with Crippen molar-refractivity contribution in [2.24, 2.45) is 0 Å². The summed E-state index contributed by atoms with van der Waals surface area (Å²) in [6.07, 6.45) is -2.69. The molecule has 0 saturated carbocycles. The average molecular weight is 519 g/mol. The van der Waals surface area contributed by atoms with Crippen LogP contribution in [0.3, 0.4) is 0 Å². The van der Waals surface area contributed by atoms with Crippen LogP contribution in [0.4, 0.5) is 10.3 Å². The second-order valence-electron chi connectivity index (χ2n) is 10.3. The molecule has 5 atom stereocenters. The van der Waals surface area contributed by atoms with Crippen LogP contribution < -0.4 is 15.6 Å². The summed E-state index contributed by atoms with van der Waals surface area (Å²) in [6, 6.07) is -0.624. The summed E-state index contributed by atoms with van der Waals surface area (Å²) in [5, 5.41) is 14.0. The molecule has 0 amide bonds. The number of fused-ring (bicyclic) bond motifs is 1. The van der Waals surface area contributed by atoms with E-state index in [1.807, 2.05) is 20.0 Å². The molecule has 14 heteroatoms. The fourth-order valence-electron chi connectivity index (χ4n) is 3.99. The summed E-state index contributed by atoms with van der Waals surface area (Å²) in [7, 11) is 1.41. The molecular weight excluding hydrogens is 482 g/mol. The molecule has 0 radical (unpaired) electrons. The van der Waals surface area contributed by atoms with E-state index in [1.165, 1.54) is 24.9 Å². The van der Waals surface area contributed by atoms with Crippen molar-refractivity contribution in [2.45, 2.75) is 63.9 Å². The average Bonchev–Trinajstić information content (AvgIpc) is 3.23. The van der Waals surface area contributed by atoms with Gasteiger partial charge in [0.15, 0.2) is 0 Å². The fraction of sp³-hybridized carbons (Fsp3) is 0.714. The minimum absolute atomic E-state index is 0.0772. The van der Waals surface area contributed by atoms with Gasteiger partial charge in [-0.1, -0.05) is 0 Å². The summed E-state index contributed by atoms with van der Waals surface area (Å²) in [6.45, 7) is 8.82. The van der Waals surface area contributed by atoms with E-state index in [1.54, 1.807) is 20.8 Å². The number of methoxy groups -OCH3 is 1. The Balaban J connectivity index is 1.78.